The molecule has 19 heavy (non-hydrogen) atoms. The summed E-state index contributed by atoms with van der Waals surface area (Å²) in [6.45, 7) is 0.189. The lowest BCUT2D eigenvalue weighted by Crippen LogP contribution is -2.42. The number of nitrogens with zero attached hydrogens (tertiary/aromatic N) is 3. The Morgan fingerprint density at radius 2 is 2.00 bits per heavy atom. The average Bonchev–Trinajstić information content (AvgIpc) is 2.68. The Morgan fingerprint density at radius 1 is 1.42 bits per heavy atom. The number of carbonyl (C=O) groups excluding carboxylic acids is 1. The maximum absolute atomic E-state index is 12.5. The van der Waals surface area contributed by atoms with Gasteiger partial charge in [-0.2, -0.15) is 18.3 Å². The van der Waals surface area contributed by atoms with Crippen LogP contribution in [0.15, 0.2) is 6.20 Å². The molecule has 1 aliphatic rings. The standard InChI is InChI=1S/C11H15F3N4O/c1-17-9(15)8(6-16-17)10(19)18-4-2-7(3-5-18)11(12,13)14/h6-7H,2-5,15H2,1H3. The summed E-state index contributed by atoms with van der Waals surface area (Å²) >= 11 is 0. The highest BCUT2D eigenvalue weighted by Crippen LogP contribution is 2.34. The average molecular weight is 276 g/mol. The van der Waals surface area contributed by atoms with Crippen molar-refractivity contribution in [2.24, 2.45) is 13.0 Å². The van der Waals surface area contributed by atoms with Gasteiger partial charge in [-0.1, -0.05) is 0 Å². The van der Waals surface area contributed by atoms with Gasteiger partial charge in [-0.05, 0) is 12.8 Å². The molecule has 1 fully saturated rings. The van der Waals surface area contributed by atoms with Crippen LogP contribution in [0.3, 0.4) is 0 Å². The highest BCUT2D eigenvalue weighted by atomic mass is 19.4. The van der Waals surface area contributed by atoms with Crippen LogP contribution in [0.5, 0.6) is 0 Å². The molecule has 2 N–H and O–H groups in total. The Hall–Kier alpha value is -1.73. The summed E-state index contributed by atoms with van der Waals surface area (Å²) in [7, 11) is 1.60. The van der Waals surface area contributed by atoms with E-state index < -0.39 is 12.1 Å². The lowest BCUT2D eigenvalue weighted by molar-refractivity contribution is -0.183. The predicted molar refractivity (Wildman–Crippen MR) is 62.3 cm³/mol. The SMILES string of the molecule is Cn1ncc(C(=O)N2CCC(C(F)(F)F)CC2)c1N. The maximum Gasteiger partial charge on any atom is 0.391 e. The molecule has 1 amide bonds. The van der Waals surface area contributed by atoms with Crippen LogP contribution in [0.2, 0.25) is 0 Å². The Labute approximate surface area is 108 Å². The van der Waals surface area contributed by atoms with E-state index in [-0.39, 0.29) is 43.2 Å². The second kappa shape index (κ2) is 4.75. The summed E-state index contributed by atoms with van der Waals surface area (Å²) in [5.41, 5.74) is 5.92. The monoisotopic (exact) mass is 276 g/mol. The van der Waals surface area contributed by atoms with Crippen molar-refractivity contribution in [3.05, 3.63) is 11.8 Å². The van der Waals surface area contributed by atoms with E-state index >= 15 is 0 Å². The van der Waals surface area contributed by atoms with Gasteiger partial charge in [0, 0.05) is 20.1 Å². The van der Waals surface area contributed by atoms with Crippen molar-refractivity contribution in [2.75, 3.05) is 18.8 Å². The van der Waals surface area contributed by atoms with Crippen molar-refractivity contribution in [3.8, 4) is 0 Å². The molecule has 0 bridgehead atoms. The highest BCUT2D eigenvalue weighted by molar-refractivity contribution is 5.98. The first kappa shape index (κ1) is 13.7. The molecule has 1 aromatic heterocycles. The second-order valence-corrected chi connectivity index (χ2v) is 4.68. The van der Waals surface area contributed by atoms with E-state index in [0.29, 0.717) is 0 Å². The first-order chi connectivity index (χ1) is 8.80. The topological polar surface area (TPSA) is 64.2 Å². The van der Waals surface area contributed by atoms with Crippen molar-refractivity contribution in [1.82, 2.24) is 14.7 Å². The van der Waals surface area contributed by atoms with Gasteiger partial charge in [0.1, 0.15) is 11.4 Å². The third kappa shape index (κ3) is 2.66. The number of hydrogen-bond donors (Lipinski definition) is 1. The van der Waals surface area contributed by atoms with Crippen molar-refractivity contribution in [1.29, 1.82) is 0 Å². The van der Waals surface area contributed by atoms with E-state index in [4.69, 9.17) is 5.73 Å². The molecular weight excluding hydrogens is 261 g/mol. The first-order valence-electron chi connectivity index (χ1n) is 5.94. The summed E-state index contributed by atoms with van der Waals surface area (Å²) < 4.78 is 38.9. The number of nitrogens with two attached hydrogens (primary N) is 1. The molecule has 106 valence electrons. The molecule has 0 spiro atoms. The first-order valence-corrected chi connectivity index (χ1v) is 5.94. The summed E-state index contributed by atoms with van der Waals surface area (Å²) in [5.74, 6) is -1.45. The fourth-order valence-electron chi connectivity index (χ4n) is 2.19. The van der Waals surface area contributed by atoms with Crippen molar-refractivity contribution >= 4 is 11.7 Å². The van der Waals surface area contributed by atoms with Gasteiger partial charge in [0.2, 0.25) is 0 Å². The third-order valence-corrected chi connectivity index (χ3v) is 3.46. The van der Waals surface area contributed by atoms with E-state index in [1.807, 2.05) is 0 Å². The number of amides is 1. The molecule has 1 aromatic rings. The van der Waals surface area contributed by atoms with Crippen LogP contribution in [0.4, 0.5) is 19.0 Å². The molecule has 0 atom stereocenters. The second-order valence-electron chi connectivity index (χ2n) is 4.68. The number of rotatable bonds is 1. The molecule has 8 heteroatoms. The van der Waals surface area contributed by atoms with E-state index in [1.54, 1.807) is 7.05 Å². The number of piperidine rings is 1. The zero-order valence-corrected chi connectivity index (χ0v) is 10.4. The molecule has 1 saturated heterocycles. The third-order valence-electron chi connectivity index (χ3n) is 3.46. The number of hydrogen-bond acceptors (Lipinski definition) is 3. The number of aromatic nitrogens is 2. The summed E-state index contributed by atoms with van der Waals surface area (Å²) in [6.07, 6.45) is -2.96. The lowest BCUT2D eigenvalue weighted by atomic mass is 9.96. The van der Waals surface area contributed by atoms with Crippen molar-refractivity contribution in [2.45, 2.75) is 19.0 Å². The molecule has 5 nitrogen and oxygen atoms in total. The van der Waals surface area contributed by atoms with Crippen molar-refractivity contribution < 1.29 is 18.0 Å². The molecule has 0 saturated carbocycles. The smallest absolute Gasteiger partial charge is 0.383 e. The lowest BCUT2D eigenvalue weighted by Gasteiger charge is -2.32. The van der Waals surface area contributed by atoms with E-state index in [0.717, 1.165) is 0 Å². The number of halogens is 3. The zero-order valence-electron chi connectivity index (χ0n) is 10.4. The van der Waals surface area contributed by atoms with Crippen LogP contribution in [-0.2, 0) is 7.05 Å². The van der Waals surface area contributed by atoms with Crippen LogP contribution in [0.25, 0.3) is 0 Å². The number of likely N-dealkylation sites (tertiary alicyclic amines) is 1. The Balaban J connectivity index is 2.02. The summed E-state index contributed by atoms with van der Waals surface area (Å²) in [6, 6.07) is 0. The van der Waals surface area contributed by atoms with Gasteiger partial charge in [0.25, 0.3) is 5.91 Å². The number of aryl methyl sites for hydroxylation is 1. The van der Waals surface area contributed by atoms with E-state index in [1.165, 1.54) is 15.8 Å². The number of anilines is 1. The summed E-state index contributed by atoms with van der Waals surface area (Å²) in [4.78, 5) is 13.5. The minimum Gasteiger partial charge on any atom is -0.383 e. The minimum absolute atomic E-state index is 0.0601. The minimum atomic E-state index is -4.18. The summed E-state index contributed by atoms with van der Waals surface area (Å²) in [5, 5.41) is 3.85. The van der Waals surface area contributed by atoms with Gasteiger partial charge < -0.3 is 10.6 Å². The quantitative estimate of drug-likeness (QED) is 0.843. The fourth-order valence-corrected chi connectivity index (χ4v) is 2.19. The highest BCUT2D eigenvalue weighted by Gasteiger charge is 2.41. The van der Waals surface area contributed by atoms with Gasteiger partial charge in [-0.3, -0.25) is 9.48 Å². The molecule has 0 radical (unpaired) electrons. The van der Waals surface area contributed by atoms with Crippen LogP contribution < -0.4 is 5.73 Å². The number of carbonyl (C=O) groups is 1. The Kier molecular flexibility index (Phi) is 3.42. The predicted octanol–water partition coefficient (Wildman–Crippen LogP) is 1.42. The number of alkyl halides is 3. The van der Waals surface area contributed by atoms with Gasteiger partial charge >= 0.3 is 6.18 Å². The van der Waals surface area contributed by atoms with Gasteiger partial charge in [0.15, 0.2) is 0 Å². The van der Waals surface area contributed by atoms with Crippen LogP contribution in [0.1, 0.15) is 23.2 Å². The Bertz CT molecular complexity index is 475. The Morgan fingerprint density at radius 3 is 2.42 bits per heavy atom. The van der Waals surface area contributed by atoms with Gasteiger partial charge in [0.05, 0.1) is 12.1 Å². The molecule has 2 heterocycles. The van der Waals surface area contributed by atoms with Crippen LogP contribution in [0, 0.1) is 5.92 Å². The molecule has 0 aromatic carbocycles. The molecule has 0 aliphatic carbocycles. The molecule has 2 rings (SSSR count). The van der Waals surface area contributed by atoms with E-state index in [9.17, 15) is 18.0 Å². The number of nitrogen functional groups attached to an aromatic ring is 1. The van der Waals surface area contributed by atoms with Crippen molar-refractivity contribution in [3.63, 3.8) is 0 Å². The fraction of sp³-hybridized carbons (Fsp3) is 0.636. The van der Waals surface area contributed by atoms with Crippen LogP contribution >= 0.6 is 0 Å². The zero-order chi connectivity index (χ0) is 14.2. The normalized spacial score (nSPS) is 17.8. The molecular formula is C11H15F3N4O. The van der Waals surface area contributed by atoms with Gasteiger partial charge in [-0.25, -0.2) is 0 Å². The maximum atomic E-state index is 12.5. The molecule has 1 aliphatic heterocycles. The van der Waals surface area contributed by atoms with Crippen LogP contribution in [-0.4, -0.2) is 39.9 Å². The largest absolute Gasteiger partial charge is 0.391 e. The van der Waals surface area contributed by atoms with Gasteiger partial charge in [-0.15, -0.1) is 0 Å². The molecule has 0 unspecified atom stereocenters. The van der Waals surface area contributed by atoms with E-state index in [2.05, 4.69) is 5.10 Å².